The molecule has 0 unspecified atom stereocenters. The number of thioether (sulfide) groups is 1. The lowest BCUT2D eigenvalue weighted by Gasteiger charge is -2.15. The van der Waals surface area contributed by atoms with Crippen LogP contribution in [0, 0.1) is 0 Å². The molecule has 2 heterocycles. The molecule has 0 radical (unpaired) electrons. The Bertz CT molecular complexity index is 683. The van der Waals surface area contributed by atoms with Crippen LogP contribution in [0.15, 0.2) is 34.9 Å². The molecule has 2 aromatic rings. The zero-order valence-corrected chi connectivity index (χ0v) is 12.8. The van der Waals surface area contributed by atoms with Crippen LogP contribution in [0.2, 0.25) is 0 Å². The molecular formula is C11H15N9OS. The van der Waals surface area contributed by atoms with E-state index in [0.29, 0.717) is 5.82 Å². The summed E-state index contributed by atoms with van der Waals surface area (Å²) in [6.07, 6.45) is 4.70. The van der Waals surface area contributed by atoms with E-state index in [1.807, 2.05) is 6.26 Å². The molecule has 2 aromatic heterocycles. The Hall–Kier alpha value is -2.66. The van der Waals surface area contributed by atoms with Gasteiger partial charge >= 0.3 is 0 Å². The number of guanidine groups is 1. The van der Waals surface area contributed by atoms with Crippen molar-refractivity contribution in [2.75, 3.05) is 13.3 Å². The highest BCUT2D eigenvalue weighted by Gasteiger charge is 2.18. The van der Waals surface area contributed by atoms with E-state index in [1.54, 1.807) is 12.1 Å². The van der Waals surface area contributed by atoms with Crippen molar-refractivity contribution in [3.63, 3.8) is 0 Å². The smallest absolute Gasteiger partial charge is 0.261 e. The number of hydrogen-bond donors (Lipinski definition) is 3. The highest BCUT2D eigenvalue weighted by Crippen LogP contribution is 2.17. The van der Waals surface area contributed by atoms with E-state index in [1.165, 1.54) is 36.1 Å². The van der Waals surface area contributed by atoms with E-state index in [4.69, 9.17) is 11.7 Å². The summed E-state index contributed by atoms with van der Waals surface area (Å²) in [7, 11) is 1.50. The van der Waals surface area contributed by atoms with E-state index in [2.05, 4.69) is 25.5 Å². The molecule has 0 bridgehead atoms. The number of hydrazone groups is 1. The van der Waals surface area contributed by atoms with Gasteiger partial charge in [0.2, 0.25) is 5.96 Å². The first-order valence-electron chi connectivity index (χ1n) is 6.04. The fraction of sp³-hybridized carbons (Fsp3) is 0.182. The molecule has 0 aliphatic heterocycles. The molecule has 11 heteroatoms. The van der Waals surface area contributed by atoms with Crippen molar-refractivity contribution in [3.05, 3.63) is 30.4 Å². The van der Waals surface area contributed by atoms with Crippen molar-refractivity contribution in [1.82, 2.24) is 30.1 Å². The molecule has 1 amide bonds. The Kier molecular flexibility index (Phi) is 4.91. The fourth-order valence-electron chi connectivity index (χ4n) is 1.59. The number of rotatable bonds is 3. The van der Waals surface area contributed by atoms with Crippen LogP contribution in [-0.4, -0.2) is 49.9 Å². The van der Waals surface area contributed by atoms with Crippen LogP contribution in [-0.2, 0) is 0 Å². The van der Waals surface area contributed by atoms with Crippen molar-refractivity contribution in [2.24, 2.45) is 16.8 Å². The molecular weight excluding hydrogens is 306 g/mol. The Labute approximate surface area is 130 Å². The van der Waals surface area contributed by atoms with Gasteiger partial charge in [-0.05, 0) is 18.4 Å². The molecule has 0 aliphatic carbocycles. The van der Waals surface area contributed by atoms with Crippen molar-refractivity contribution in [1.29, 1.82) is 0 Å². The monoisotopic (exact) mass is 321 g/mol. The summed E-state index contributed by atoms with van der Waals surface area (Å²) in [4.78, 5) is 20.6. The number of nitrogens with one attached hydrogen (secondary N) is 1. The Morgan fingerprint density at radius 2 is 2.27 bits per heavy atom. The van der Waals surface area contributed by atoms with E-state index in [-0.39, 0.29) is 11.5 Å². The van der Waals surface area contributed by atoms with Crippen molar-refractivity contribution >= 4 is 23.6 Å². The lowest BCUT2D eigenvalue weighted by molar-refractivity contribution is 0.0972. The first-order chi connectivity index (χ1) is 10.6. The molecule has 0 saturated heterocycles. The van der Waals surface area contributed by atoms with Gasteiger partial charge in [0, 0.05) is 7.05 Å². The van der Waals surface area contributed by atoms with Crippen molar-refractivity contribution < 1.29 is 4.79 Å². The van der Waals surface area contributed by atoms with E-state index in [9.17, 15) is 4.79 Å². The second-order valence-electron chi connectivity index (χ2n) is 4.08. The number of hydrogen-bond acceptors (Lipinski definition) is 8. The molecule has 0 saturated carbocycles. The maximum atomic E-state index is 12.4. The van der Waals surface area contributed by atoms with E-state index >= 15 is 0 Å². The molecule has 0 fully saturated rings. The summed E-state index contributed by atoms with van der Waals surface area (Å²) in [6.45, 7) is 0. The average molecular weight is 321 g/mol. The van der Waals surface area contributed by atoms with Crippen LogP contribution in [0.4, 0.5) is 0 Å². The minimum Gasteiger partial charge on any atom is -0.320 e. The van der Waals surface area contributed by atoms with Gasteiger partial charge in [0.15, 0.2) is 5.82 Å². The zero-order chi connectivity index (χ0) is 16.1. The van der Waals surface area contributed by atoms with Gasteiger partial charge in [0.1, 0.15) is 12.7 Å². The number of hydrazine groups is 1. The second-order valence-corrected chi connectivity index (χ2v) is 4.91. The minimum absolute atomic E-state index is 0.0171. The summed E-state index contributed by atoms with van der Waals surface area (Å²) in [5.41, 5.74) is 0.284. The van der Waals surface area contributed by atoms with Crippen LogP contribution in [0.3, 0.4) is 0 Å². The summed E-state index contributed by atoms with van der Waals surface area (Å²) in [6, 6.07) is 3.36. The molecule has 0 aliphatic rings. The van der Waals surface area contributed by atoms with Gasteiger partial charge in [-0.2, -0.15) is 5.10 Å². The largest absolute Gasteiger partial charge is 0.320 e. The summed E-state index contributed by atoms with van der Waals surface area (Å²) in [5, 5.41) is 11.7. The molecule has 5 N–H and O–H groups in total. The quantitative estimate of drug-likeness (QED) is 0.218. The predicted octanol–water partition coefficient (Wildman–Crippen LogP) is -0.851. The lowest BCUT2D eigenvalue weighted by Crippen LogP contribution is -2.46. The molecule has 10 nitrogen and oxygen atoms in total. The third-order valence-electron chi connectivity index (χ3n) is 2.62. The normalized spacial score (nSPS) is 11.3. The molecule has 0 spiro atoms. The lowest BCUT2D eigenvalue weighted by atomic mass is 10.2. The molecule has 0 atom stereocenters. The number of nitrogens with zero attached hydrogens (tertiary/aromatic N) is 6. The highest BCUT2D eigenvalue weighted by atomic mass is 32.2. The molecule has 2 rings (SSSR count). The van der Waals surface area contributed by atoms with E-state index in [0.717, 1.165) is 10.0 Å². The predicted molar refractivity (Wildman–Crippen MR) is 82.0 cm³/mol. The van der Waals surface area contributed by atoms with Crippen molar-refractivity contribution in [3.8, 4) is 5.82 Å². The second kappa shape index (κ2) is 6.87. The summed E-state index contributed by atoms with van der Waals surface area (Å²) in [5.74, 6) is 10.6. The fourth-order valence-corrected chi connectivity index (χ4v) is 1.98. The SMILES string of the molecule is CSc1ccc(C(=O)N/C(=N/N)N(C)N)c(-n2cncn2)n1. The van der Waals surface area contributed by atoms with Gasteiger partial charge in [-0.1, -0.05) is 0 Å². The van der Waals surface area contributed by atoms with Gasteiger partial charge in [0.25, 0.3) is 5.91 Å². The van der Waals surface area contributed by atoms with Crippen LogP contribution in [0.25, 0.3) is 5.82 Å². The minimum atomic E-state index is -0.466. The number of carbonyl (C=O) groups excluding carboxylic acids is 1. The number of aromatic nitrogens is 4. The van der Waals surface area contributed by atoms with Gasteiger partial charge in [0.05, 0.1) is 10.6 Å². The standard InChI is InChI=1S/C11H15N9OS/c1-19(13)11(18-12)17-10(21)7-3-4-8(22-2)16-9(7)20-6-14-5-15-20/h3-6H,12-13H2,1-2H3,(H,17,18,21). The average Bonchev–Trinajstić information content (AvgIpc) is 3.05. The van der Waals surface area contributed by atoms with Crippen LogP contribution >= 0.6 is 11.8 Å². The number of pyridine rings is 1. The maximum absolute atomic E-state index is 12.4. The Balaban J connectivity index is 2.40. The number of nitrogens with two attached hydrogens (primary N) is 2. The molecule has 116 valence electrons. The van der Waals surface area contributed by atoms with Gasteiger partial charge in [-0.25, -0.2) is 20.5 Å². The third kappa shape index (κ3) is 3.32. The van der Waals surface area contributed by atoms with E-state index < -0.39 is 5.91 Å². The first-order valence-corrected chi connectivity index (χ1v) is 7.27. The van der Waals surface area contributed by atoms with Gasteiger partial charge in [-0.15, -0.1) is 16.9 Å². The number of carbonyl (C=O) groups is 1. The molecule has 22 heavy (non-hydrogen) atoms. The third-order valence-corrected chi connectivity index (χ3v) is 3.27. The Morgan fingerprint density at radius 3 is 2.82 bits per heavy atom. The van der Waals surface area contributed by atoms with Gasteiger partial charge < -0.3 is 5.84 Å². The van der Waals surface area contributed by atoms with Crippen LogP contribution < -0.4 is 17.0 Å². The van der Waals surface area contributed by atoms with Crippen LogP contribution in [0.5, 0.6) is 0 Å². The molecule has 0 aromatic carbocycles. The summed E-state index contributed by atoms with van der Waals surface area (Å²) < 4.78 is 1.40. The topological polar surface area (TPSA) is 140 Å². The highest BCUT2D eigenvalue weighted by molar-refractivity contribution is 7.98. The number of amides is 1. The first kappa shape index (κ1) is 15.7. The summed E-state index contributed by atoms with van der Waals surface area (Å²) >= 11 is 1.45. The maximum Gasteiger partial charge on any atom is 0.261 e. The zero-order valence-electron chi connectivity index (χ0n) is 12.0. The van der Waals surface area contributed by atoms with Crippen molar-refractivity contribution in [2.45, 2.75) is 5.03 Å². The Morgan fingerprint density at radius 1 is 1.50 bits per heavy atom. The van der Waals surface area contributed by atoms with Gasteiger partial charge in [-0.3, -0.25) is 15.1 Å². The van der Waals surface area contributed by atoms with Crippen LogP contribution in [0.1, 0.15) is 10.4 Å².